The van der Waals surface area contributed by atoms with Crippen molar-refractivity contribution in [3.8, 4) is 0 Å². The van der Waals surface area contributed by atoms with Crippen LogP contribution in [0.15, 0.2) is 0 Å². The van der Waals surface area contributed by atoms with Gasteiger partial charge in [-0.3, -0.25) is 4.90 Å². The summed E-state index contributed by atoms with van der Waals surface area (Å²) < 4.78 is 0. The van der Waals surface area contributed by atoms with Gasteiger partial charge < -0.3 is 10.0 Å². The van der Waals surface area contributed by atoms with Gasteiger partial charge in [-0.05, 0) is 70.6 Å². The highest BCUT2D eigenvalue weighted by atomic mass is 16.3. The van der Waals surface area contributed by atoms with Crippen LogP contribution in [0.2, 0.25) is 0 Å². The predicted octanol–water partition coefficient (Wildman–Crippen LogP) is 2.10. The average Bonchev–Trinajstić information content (AvgIpc) is 2.93. The summed E-state index contributed by atoms with van der Waals surface area (Å²) in [6.45, 7) is 6.45. The van der Waals surface area contributed by atoms with Gasteiger partial charge in [-0.15, -0.1) is 0 Å². The van der Waals surface area contributed by atoms with Crippen molar-refractivity contribution >= 4 is 0 Å². The molecule has 2 saturated heterocycles. The fourth-order valence-electron chi connectivity index (χ4n) is 4.32. The van der Waals surface area contributed by atoms with Gasteiger partial charge in [0.1, 0.15) is 0 Å². The highest BCUT2D eigenvalue weighted by Crippen LogP contribution is 2.28. The molecule has 2 atom stereocenters. The number of aliphatic hydroxyl groups excluding tert-OH is 1. The Balaban J connectivity index is 1.43. The molecule has 3 aliphatic rings. The third kappa shape index (κ3) is 3.50. The number of rotatable bonds is 3. The minimum Gasteiger partial charge on any atom is -0.391 e. The maximum Gasteiger partial charge on any atom is 0.0695 e. The fourth-order valence-corrected chi connectivity index (χ4v) is 4.32. The molecule has 110 valence electrons. The molecule has 19 heavy (non-hydrogen) atoms. The lowest BCUT2D eigenvalue weighted by Crippen LogP contribution is -2.49. The van der Waals surface area contributed by atoms with Crippen LogP contribution in [0, 0.1) is 5.92 Å². The lowest BCUT2D eigenvalue weighted by molar-refractivity contribution is 0.00180. The highest BCUT2D eigenvalue weighted by molar-refractivity contribution is 4.86. The molecule has 1 aliphatic carbocycles. The van der Waals surface area contributed by atoms with E-state index >= 15 is 0 Å². The maximum atomic E-state index is 10.2. The van der Waals surface area contributed by atoms with E-state index in [1.165, 1.54) is 77.7 Å². The van der Waals surface area contributed by atoms with E-state index in [0.29, 0.717) is 6.04 Å². The van der Waals surface area contributed by atoms with E-state index in [0.717, 1.165) is 12.3 Å². The first kappa shape index (κ1) is 13.8. The molecule has 0 aromatic heterocycles. The smallest absolute Gasteiger partial charge is 0.0695 e. The normalized spacial score (nSPS) is 35.8. The van der Waals surface area contributed by atoms with Crippen molar-refractivity contribution in [3.63, 3.8) is 0 Å². The Kier molecular flexibility index (Phi) is 4.78. The van der Waals surface area contributed by atoms with Crippen LogP contribution < -0.4 is 0 Å². The molecule has 0 aromatic rings. The Morgan fingerprint density at radius 2 is 1.47 bits per heavy atom. The quantitative estimate of drug-likeness (QED) is 0.847. The van der Waals surface area contributed by atoms with Crippen LogP contribution in [0.25, 0.3) is 0 Å². The molecule has 1 N–H and O–H groups in total. The number of hydrogen-bond donors (Lipinski definition) is 1. The van der Waals surface area contributed by atoms with E-state index in [1.807, 2.05) is 0 Å². The molecule has 0 spiro atoms. The Bertz CT molecular complexity index is 270. The maximum absolute atomic E-state index is 10.2. The minimum atomic E-state index is -0.0520. The minimum absolute atomic E-state index is 0.0520. The first-order chi connectivity index (χ1) is 9.33. The number of hydrogen-bond acceptors (Lipinski definition) is 3. The molecule has 0 radical (unpaired) electrons. The molecule has 0 bridgehead atoms. The molecular formula is C16H30N2O. The van der Waals surface area contributed by atoms with E-state index in [1.54, 1.807) is 0 Å². The Hall–Kier alpha value is -0.120. The molecular weight excluding hydrogens is 236 g/mol. The van der Waals surface area contributed by atoms with Crippen molar-refractivity contribution in [3.05, 3.63) is 0 Å². The molecule has 0 aromatic carbocycles. The molecule has 2 aliphatic heterocycles. The monoisotopic (exact) mass is 266 g/mol. The van der Waals surface area contributed by atoms with Gasteiger partial charge in [0, 0.05) is 12.6 Å². The first-order valence-corrected chi connectivity index (χ1v) is 8.47. The summed E-state index contributed by atoms with van der Waals surface area (Å²) in [5, 5.41) is 10.2. The lowest BCUT2D eigenvalue weighted by Gasteiger charge is -2.42. The third-order valence-electron chi connectivity index (χ3n) is 5.53. The van der Waals surface area contributed by atoms with E-state index in [-0.39, 0.29) is 6.10 Å². The zero-order valence-corrected chi connectivity index (χ0v) is 12.3. The van der Waals surface area contributed by atoms with Crippen LogP contribution in [-0.4, -0.2) is 59.8 Å². The summed E-state index contributed by atoms with van der Waals surface area (Å²) in [7, 11) is 0. The van der Waals surface area contributed by atoms with Gasteiger partial charge in [0.15, 0.2) is 0 Å². The van der Waals surface area contributed by atoms with Gasteiger partial charge in [0.05, 0.1) is 6.10 Å². The molecule has 0 amide bonds. The van der Waals surface area contributed by atoms with E-state index in [4.69, 9.17) is 0 Å². The first-order valence-electron chi connectivity index (χ1n) is 8.47. The standard InChI is InChI=1S/C16H30N2O/c19-16-6-2-1-5-15(16)18-11-7-14(8-12-18)13-17-9-3-4-10-17/h14-16,19H,1-13H2/t15-,16-/m0/s1. The topological polar surface area (TPSA) is 26.7 Å². The predicted molar refractivity (Wildman–Crippen MR) is 78.2 cm³/mol. The SMILES string of the molecule is O[C@H]1CCCC[C@@H]1N1CCC(CN2CCCC2)CC1. The summed E-state index contributed by atoms with van der Waals surface area (Å²) in [4.78, 5) is 5.25. The Morgan fingerprint density at radius 1 is 0.789 bits per heavy atom. The van der Waals surface area contributed by atoms with Crippen molar-refractivity contribution in [2.24, 2.45) is 5.92 Å². The molecule has 3 nitrogen and oxygen atoms in total. The van der Waals surface area contributed by atoms with E-state index < -0.39 is 0 Å². The third-order valence-corrected chi connectivity index (χ3v) is 5.53. The second kappa shape index (κ2) is 6.55. The molecule has 2 heterocycles. The lowest BCUT2D eigenvalue weighted by atomic mass is 9.88. The molecule has 3 heteroatoms. The summed E-state index contributed by atoms with van der Waals surface area (Å²) in [5.74, 6) is 0.912. The van der Waals surface area contributed by atoms with Crippen molar-refractivity contribution < 1.29 is 5.11 Å². The van der Waals surface area contributed by atoms with Gasteiger partial charge in [-0.2, -0.15) is 0 Å². The van der Waals surface area contributed by atoms with Crippen molar-refractivity contribution in [2.75, 3.05) is 32.7 Å². The fraction of sp³-hybridized carbons (Fsp3) is 1.00. The van der Waals surface area contributed by atoms with Crippen LogP contribution in [0.1, 0.15) is 51.4 Å². The second-order valence-corrected chi connectivity index (χ2v) is 6.91. The van der Waals surface area contributed by atoms with Crippen molar-refractivity contribution in [1.29, 1.82) is 0 Å². The highest BCUT2D eigenvalue weighted by Gasteiger charge is 2.31. The van der Waals surface area contributed by atoms with Crippen LogP contribution in [0.3, 0.4) is 0 Å². The summed E-state index contributed by atoms with van der Waals surface area (Å²) >= 11 is 0. The van der Waals surface area contributed by atoms with Crippen LogP contribution >= 0.6 is 0 Å². The van der Waals surface area contributed by atoms with Gasteiger partial charge in [0.25, 0.3) is 0 Å². The summed E-state index contributed by atoms with van der Waals surface area (Å²) in [6, 6.07) is 0.474. The second-order valence-electron chi connectivity index (χ2n) is 6.91. The van der Waals surface area contributed by atoms with Crippen molar-refractivity contribution in [1.82, 2.24) is 9.80 Å². The zero-order chi connectivity index (χ0) is 13.1. The summed E-state index contributed by atoms with van der Waals surface area (Å²) in [6.07, 6.45) is 10.2. The van der Waals surface area contributed by atoms with Gasteiger partial charge >= 0.3 is 0 Å². The van der Waals surface area contributed by atoms with E-state index in [9.17, 15) is 5.11 Å². The number of aliphatic hydroxyl groups is 1. The summed E-state index contributed by atoms with van der Waals surface area (Å²) in [5.41, 5.74) is 0. The van der Waals surface area contributed by atoms with Crippen LogP contribution in [-0.2, 0) is 0 Å². The zero-order valence-electron chi connectivity index (χ0n) is 12.3. The van der Waals surface area contributed by atoms with E-state index in [2.05, 4.69) is 9.80 Å². The average molecular weight is 266 g/mol. The van der Waals surface area contributed by atoms with Crippen molar-refractivity contribution in [2.45, 2.75) is 63.5 Å². The van der Waals surface area contributed by atoms with Gasteiger partial charge in [-0.25, -0.2) is 0 Å². The molecule has 0 unspecified atom stereocenters. The molecule has 1 saturated carbocycles. The largest absolute Gasteiger partial charge is 0.391 e. The Morgan fingerprint density at radius 3 is 2.16 bits per heavy atom. The molecule has 3 rings (SSSR count). The number of likely N-dealkylation sites (tertiary alicyclic amines) is 2. The number of nitrogens with zero attached hydrogens (tertiary/aromatic N) is 2. The number of piperidine rings is 1. The van der Waals surface area contributed by atoms with Crippen LogP contribution in [0.4, 0.5) is 0 Å². The Labute approximate surface area is 118 Å². The van der Waals surface area contributed by atoms with Crippen LogP contribution in [0.5, 0.6) is 0 Å². The van der Waals surface area contributed by atoms with Gasteiger partial charge in [0.2, 0.25) is 0 Å². The molecule has 3 fully saturated rings. The van der Waals surface area contributed by atoms with Gasteiger partial charge in [-0.1, -0.05) is 12.8 Å².